The van der Waals surface area contributed by atoms with Crippen molar-refractivity contribution in [3.8, 4) is 12.3 Å². The number of carbonyl (C=O) groups excluding carboxylic acids is 1. The van der Waals surface area contributed by atoms with E-state index in [1.54, 1.807) is 0 Å². The van der Waals surface area contributed by atoms with E-state index < -0.39 is 0 Å². The summed E-state index contributed by atoms with van der Waals surface area (Å²) in [6.07, 6.45) is 7.68. The maximum atomic E-state index is 11.4. The molecule has 2 N–H and O–H groups in total. The standard InChI is InChI=1S/C15H18N2OS/c1-2-8-16-15(18)11-19-14-5-3-4-12(9-14)10-17-13-6-7-13/h1,3-5,9,13,17H,6-8,10-11H2,(H,16,18). The predicted octanol–water partition coefficient (Wildman–Crippen LogP) is 1.78. The number of hydrogen-bond donors (Lipinski definition) is 2. The second kappa shape index (κ2) is 7.22. The van der Waals surface area contributed by atoms with Gasteiger partial charge in [0.15, 0.2) is 0 Å². The van der Waals surface area contributed by atoms with Crippen molar-refractivity contribution in [1.82, 2.24) is 10.6 Å². The lowest BCUT2D eigenvalue weighted by Gasteiger charge is -2.06. The number of amides is 1. The zero-order valence-corrected chi connectivity index (χ0v) is 11.6. The van der Waals surface area contributed by atoms with E-state index in [9.17, 15) is 4.79 Å². The van der Waals surface area contributed by atoms with Gasteiger partial charge in [-0.2, -0.15) is 0 Å². The highest BCUT2D eigenvalue weighted by Crippen LogP contribution is 2.21. The number of nitrogens with one attached hydrogen (secondary N) is 2. The first kappa shape index (κ1) is 14.0. The van der Waals surface area contributed by atoms with Gasteiger partial charge in [0.25, 0.3) is 0 Å². The third-order valence-electron chi connectivity index (χ3n) is 2.83. The van der Waals surface area contributed by atoms with Gasteiger partial charge in [0.1, 0.15) is 0 Å². The second-order valence-electron chi connectivity index (χ2n) is 4.57. The summed E-state index contributed by atoms with van der Waals surface area (Å²) in [5.41, 5.74) is 1.26. The highest BCUT2D eigenvalue weighted by Gasteiger charge is 2.19. The fourth-order valence-corrected chi connectivity index (χ4v) is 2.45. The highest BCUT2D eigenvalue weighted by atomic mass is 32.2. The maximum Gasteiger partial charge on any atom is 0.231 e. The van der Waals surface area contributed by atoms with Crippen molar-refractivity contribution in [2.75, 3.05) is 12.3 Å². The molecule has 0 saturated heterocycles. The van der Waals surface area contributed by atoms with Crippen molar-refractivity contribution < 1.29 is 4.79 Å². The number of terminal acetylenes is 1. The Bertz CT molecular complexity index is 477. The summed E-state index contributed by atoms with van der Waals surface area (Å²) in [4.78, 5) is 12.6. The van der Waals surface area contributed by atoms with E-state index in [0.29, 0.717) is 18.3 Å². The number of benzene rings is 1. The smallest absolute Gasteiger partial charge is 0.231 e. The Morgan fingerprint density at radius 1 is 1.47 bits per heavy atom. The average Bonchev–Trinajstić information content (AvgIpc) is 3.25. The largest absolute Gasteiger partial charge is 0.344 e. The molecule has 0 heterocycles. The van der Waals surface area contributed by atoms with E-state index in [1.165, 1.54) is 30.2 Å². The third kappa shape index (κ3) is 5.37. The van der Waals surface area contributed by atoms with Crippen LogP contribution < -0.4 is 10.6 Å². The Morgan fingerprint density at radius 3 is 3.05 bits per heavy atom. The van der Waals surface area contributed by atoms with Crippen LogP contribution in [0.3, 0.4) is 0 Å². The molecule has 1 saturated carbocycles. The van der Waals surface area contributed by atoms with E-state index in [2.05, 4.69) is 28.7 Å². The van der Waals surface area contributed by atoms with E-state index in [1.807, 2.05) is 12.1 Å². The molecule has 0 spiro atoms. The predicted molar refractivity (Wildman–Crippen MR) is 78.9 cm³/mol. The molecule has 1 fully saturated rings. The van der Waals surface area contributed by atoms with E-state index in [4.69, 9.17) is 6.42 Å². The number of hydrogen-bond acceptors (Lipinski definition) is 3. The Balaban J connectivity index is 1.77. The van der Waals surface area contributed by atoms with E-state index >= 15 is 0 Å². The third-order valence-corrected chi connectivity index (χ3v) is 3.82. The van der Waals surface area contributed by atoms with Gasteiger partial charge in [-0.3, -0.25) is 4.79 Å². The summed E-state index contributed by atoms with van der Waals surface area (Å²) in [5, 5.41) is 6.14. The van der Waals surface area contributed by atoms with Crippen molar-refractivity contribution in [2.24, 2.45) is 0 Å². The van der Waals surface area contributed by atoms with Gasteiger partial charge in [-0.25, -0.2) is 0 Å². The summed E-state index contributed by atoms with van der Waals surface area (Å²) in [5.74, 6) is 2.77. The Kier molecular flexibility index (Phi) is 5.31. The van der Waals surface area contributed by atoms with Crippen molar-refractivity contribution in [3.63, 3.8) is 0 Å². The molecule has 4 heteroatoms. The summed E-state index contributed by atoms with van der Waals surface area (Å²) in [6, 6.07) is 9.02. The van der Waals surface area contributed by atoms with Gasteiger partial charge in [-0.05, 0) is 30.5 Å². The van der Waals surface area contributed by atoms with Gasteiger partial charge < -0.3 is 10.6 Å². The molecule has 0 unspecified atom stereocenters. The van der Waals surface area contributed by atoms with Crippen LogP contribution in [0.25, 0.3) is 0 Å². The molecule has 0 aliphatic heterocycles. The minimum Gasteiger partial charge on any atom is -0.344 e. The Hall–Kier alpha value is -1.44. The van der Waals surface area contributed by atoms with Gasteiger partial charge in [0, 0.05) is 17.5 Å². The maximum absolute atomic E-state index is 11.4. The lowest BCUT2D eigenvalue weighted by molar-refractivity contribution is -0.118. The zero-order chi connectivity index (χ0) is 13.5. The first-order valence-corrected chi connectivity index (χ1v) is 7.42. The lowest BCUT2D eigenvalue weighted by Crippen LogP contribution is -2.25. The number of carbonyl (C=O) groups is 1. The van der Waals surface area contributed by atoms with Crippen molar-refractivity contribution in [2.45, 2.75) is 30.3 Å². The van der Waals surface area contributed by atoms with Crippen LogP contribution in [0.2, 0.25) is 0 Å². The van der Waals surface area contributed by atoms with Crippen molar-refractivity contribution in [1.29, 1.82) is 0 Å². The molecule has 3 nitrogen and oxygen atoms in total. The van der Waals surface area contributed by atoms with Gasteiger partial charge in [-0.15, -0.1) is 18.2 Å². The Morgan fingerprint density at radius 2 is 2.32 bits per heavy atom. The fourth-order valence-electron chi connectivity index (χ4n) is 1.64. The molecule has 19 heavy (non-hydrogen) atoms. The molecule has 1 aliphatic rings. The van der Waals surface area contributed by atoms with Crippen LogP contribution in [0, 0.1) is 12.3 Å². The lowest BCUT2D eigenvalue weighted by atomic mass is 10.2. The molecule has 2 rings (SSSR count). The molecule has 1 aromatic carbocycles. The van der Waals surface area contributed by atoms with Crippen LogP contribution in [0.15, 0.2) is 29.2 Å². The first-order chi connectivity index (χ1) is 9.28. The number of thioether (sulfide) groups is 1. The second-order valence-corrected chi connectivity index (χ2v) is 5.62. The van der Waals surface area contributed by atoms with Crippen LogP contribution in [-0.4, -0.2) is 24.2 Å². The van der Waals surface area contributed by atoms with Gasteiger partial charge >= 0.3 is 0 Å². The summed E-state index contributed by atoms with van der Waals surface area (Å²) < 4.78 is 0. The topological polar surface area (TPSA) is 41.1 Å². The molecule has 1 amide bonds. The van der Waals surface area contributed by atoms with Crippen LogP contribution in [-0.2, 0) is 11.3 Å². The molecule has 100 valence electrons. The van der Waals surface area contributed by atoms with E-state index in [0.717, 1.165) is 11.4 Å². The minimum absolute atomic E-state index is 0.0236. The minimum atomic E-state index is -0.0236. The normalized spacial score (nSPS) is 13.8. The molecule has 0 atom stereocenters. The molecular weight excluding hydrogens is 256 g/mol. The number of rotatable bonds is 7. The van der Waals surface area contributed by atoms with Gasteiger partial charge in [-0.1, -0.05) is 18.1 Å². The monoisotopic (exact) mass is 274 g/mol. The average molecular weight is 274 g/mol. The van der Waals surface area contributed by atoms with Crippen LogP contribution in [0.1, 0.15) is 18.4 Å². The van der Waals surface area contributed by atoms with Gasteiger partial charge in [0.2, 0.25) is 5.91 Å². The summed E-state index contributed by atoms with van der Waals surface area (Å²) >= 11 is 1.53. The molecule has 0 bridgehead atoms. The molecule has 1 aliphatic carbocycles. The highest BCUT2D eigenvalue weighted by molar-refractivity contribution is 8.00. The SMILES string of the molecule is C#CCNC(=O)CSc1cccc(CNC2CC2)c1. The first-order valence-electron chi connectivity index (χ1n) is 6.43. The summed E-state index contributed by atoms with van der Waals surface area (Å²) in [7, 11) is 0. The fraction of sp³-hybridized carbons (Fsp3) is 0.400. The molecule has 1 aromatic rings. The quantitative estimate of drug-likeness (QED) is 0.588. The van der Waals surface area contributed by atoms with Crippen molar-refractivity contribution in [3.05, 3.63) is 29.8 Å². The van der Waals surface area contributed by atoms with Crippen LogP contribution in [0.4, 0.5) is 0 Å². The Labute approximate surface area is 118 Å². The van der Waals surface area contributed by atoms with Crippen LogP contribution >= 0.6 is 11.8 Å². The zero-order valence-electron chi connectivity index (χ0n) is 10.8. The molecular formula is C15H18N2OS. The van der Waals surface area contributed by atoms with E-state index in [-0.39, 0.29) is 5.91 Å². The molecule has 0 radical (unpaired) electrons. The molecule has 0 aromatic heterocycles. The summed E-state index contributed by atoms with van der Waals surface area (Å²) in [6.45, 7) is 1.20. The van der Waals surface area contributed by atoms with Gasteiger partial charge in [0.05, 0.1) is 12.3 Å². The van der Waals surface area contributed by atoms with Crippen LogP contribution in [0.5, 0.6) is 0 Å². The van der Waals surface area contributed by atoms with Crippen molar-refractivity contribution >= 4 is 17.7 Å².